The molecule has 2 aliphatic rings. The van der Waals surface area contributed by atoms with Gasteiger partial charge in [-0.3, -0.25) is 39.7 Å². The molecule has 2 aromatic carbocycles. The number of amides is 5. The molecule has 0 aliphatic carbocycles. The lowest BCUT2D eigenvalue weighted by molar-refractivity contribution is -0.138. The van der Waals surface area contributed by atoms with Gasteiger partial charge in [0.25, 0.3) is 17.7 Å². The molecule has 5 amide bonds. The zero-order valence-electron chi connectivity index (χ0n) is 24.6. The van der Waals surface area contributed by atoms with Crippen LogP contribution in [-0.4, -0.2) is 83.1 Å². The molecule has 1 saturated heterocycles. The summed E-state index contributed by atoms with van der Waals surface area (Å²) in [6.45, 7) is 2.78. The van der Waals surface area contributed by atoms with E-state index in [9.17, 15) is 24.0 Å². The fraction of sp³-hybridized carbons (Fsp3) is 0.500. The summed E-state index contributed by atoms with van der Waals surface area (Å²) in [5.41, 5.74) is 12.6. The molecule has 2 aromatic rings. The molecule has 0 unspecified atom stereocenters. The van der Waals surface area contributed by atoms with Gasteiger partial charge >= 0.3 is 0 Å². The highest BCUT2D eigenvalue weighted by Crippen LogP contribution is 2.34. The number of nitrogens with two attached hydrogens (primary N) is 1. The summed E-state index contributed by atoms with van der Waals surface area (Å²) in [4.78, 5) is 67.9. The Kier molecular flexibility index (Phi) is 12.6. The van der Waals surface area contributed by atoms with Gasteiger partial charge in [0, 0.05) is 35.0 Å². The van der Waals surface area contributed by atoms with Crippen LogP contribution in [0, 0.1) is 0 Å². The van der Waals surface area contributed by atoms with Crippen LogP contribution >= 0.6 is 24.2 Å². The molecule has 43 heavy (non-hydrogen) atoms. The van der Waals surface area contributed by atoms with Crippen LogP contribution in [0.15, 0.2) is 30.3 Å². The first-order valence-corrected chi connectivity index (χ1v) is 16.0. The number of hydrazine groups is 1. The molecule has 0 aromatic heterocycles. The van der Waals surface area contributed by atoms with Crippen LogP contribution in [0.1, 0.15) is 72.6 Å². The van der Waals surface area contributed by atoms with Gasteiger partial charge in [-0.15, -0.1) is 12.4 Å². The third-order valence-corrected chi connectivity index (χ3v) is 8.49. The summed E-state index contributed by atoms with van der Waals surface area (Å²) < 4.78 is 0. The third-order valence-electron chi connectivity index (χ3n) is 7.84. The minimum absolute atomic E-state index is 0. The minimum Gasteiger partial charge on any atom is -0.342 e. The van der Waals surface area contributed by atoms with Crippen LogP contribution < -0.4 is 21.9 Å². The molecule has 0 radical (unpaired) electrons. The first-order valence-electron chi connectivity index (χ1n) is 14.6. The molecule has 4 rings (SSSR count). The molecule has 0 saturated carbocycles. The highest BCUT2D eigenvalue weighted by Gasteiger charge is 2.36. The van der Waals surface area contributed by atoms with Crippen molar-refractivity contribution in [2.45, 2.75) is 64.0 Å². The summed E-state index contributed by atoms with van der Waals surface area (Å²) in [5.74, 6) is -1.12. The van der Waals surface area contributed by atoms with Crippen LogP contribution in [0.25, 0.3) is 10.8 Å². The Hall–Kier alpha value is -3.35. The standard InChI is InChI=1S/C30H40N6O5S.ClH/c1-3-4-5-6-15-36-29(40)20-10-7-9-19-22(13-12-21(26(19)20)30(36)41)33-34-27(38)23(14-17-42-2)32-28(39)24-11-8-16-35(24)25(37)18-31;/h7,9-10,12-13,23-24,33H,3-6,8,11,14-18,31H2,1-2H3,(H,32,39)(H,34,38);1H/t23-,24-;/m0./s1. The van der Waals surface area contributed by atoms with Crippen LogP contribution in [0.5, 0.6) is 0 Å². The number of carbonyl (C=O) groups excluding carboxylic acids is 5. The zero-order valence-corrected chi connectivity index (χ0v) is 26.3. The van der Waals surface area contributed by atoms with Crippen LogP contribution in [-0.2, 0) is 14.4 Å². The molecule has 1 fully saturated rings. The molecule has 2 aliphatic heterocycles. The zero-order chi connectivity index (χ0) is 30.2. The van der Waals surface area contributed by atoms with Gasteiger partial charge in [0.1, 0.15) is 12.1 Å². The monoisotopic (exact) mass is 632 g/mol. The number of likely N-dealkylation sites (tertiary alicyclic amines) is 1. The molecule has 11 nitrogen and oxygen atoms in total. The summed E-state index contributed by atoms with van der Waals surface area (Å²) in [7, 11) is 0. The lowest BCUT2D eigenvalue weighted by Crippen LogP contribution is -2.54. The predicted molar refractivity (Wildman–Crippen MR) is 171 cm³/mol. The van der Waals surface area contributed by atoms with Crippen molar-refractivity contribution in [1.29, 1.82) is 0 Å². The Labute approximate surface area is 262 Å². The van der Waals surface area contributed by atoms with Crippen molar-refractivity contribution in [1.82, 2.24) is 20.5 Å². The van der Waals surface area contributed by atoms with Crippen molar-refractivity contribution in [3.63, 3.8) is 0 Å². The Morgan fingerprint density at radius 1 is 1.07 bits per heavy atom. The molecule has 2 heterocycles. The molecule has 0 spiro atoms. The second-order valence-corrected chi connectivity index (χ2v) is 11.6. The number of unbranched alkanes of at least 4 members (excludes halogenated alkanes) is 3. The number of benzene rings is 2. The van der Waals surface area contributed by atoms with Gasteiger partial charge < -0.3 is 16.0 Å². The average Bonchev–Trinajstić information content (AvgIpc) is 3.50. The average molecular weight is 633 g/mol. The van der Waals surface area contributed by atoms with E-state index in [1.807, 2.05) is 6.26 Å². The maximum Gasteiger partial charge on any atom is 0.261 e. The quantitative estimate of drug-likeness (QED) is 0.141. The number of carbonyl (C=O) groups is 5. The van der Waals surface area contributed by atoms with Gasteiger partial charge in [-0.2, -0.15) is 11.8 Å². The van der Waals surface area contributed by atoms with Crippen molar-refractivity contribution < 1.29 is 24.0 Å². The van der Waals surface area contributed by atoms with Crippen molar-refractivity contribution in [2.75, 3.05) is 37.1 Å². The van der Waals surface area contributed by atoms with E-state index >= 15 is 0 Å². The van der Waals surface area contributed by atoms with Crippen LogP contribution in [0.2, 0.25) is 0 Å². The fourth-order valence-corrected chi connectivity index (χ4v) is 6.07. The lowest BCUT2D eigenvalue weighted by atomic mass is 9.93. The van der Waals surface area contributed by atoms with Crippen LogP contribution in [0.3, 0.4) is 0 Å². The van der Waals surface area contributed by atoms with E-state index < -0.39 is 18.0 Å². The fourth-order valence-electron chi connectivity index (χ4n) is 5.60. The number of hydrogen-bond donors (Lipinski definition) is 4. The largest absolute Gasteiger partial charge is 0.342 e. The topological polar surface area (TPSA) is 154 Å². The normalized spacial score (nSPS) is 16.6. The number of imide groups is 1. The van der Waals surface area contributed by atoms with E-state index in [0.29, 0.717) is 65.7 Å². The van der Waals surface area contributed by atoms with Crippen molar-refractivity contribution in [3.05, 3.63) is 41.5 Å². The maximum atomic E-state index is 13.3. The van der Waals surface area contributed by atoms with E-state index in [1.54, 1.807) is 42.1 Å². The molecular formula is C30H41ClN6O5S. The minimum atomic E-state index is -0.836. The lowest BCUT2D eigenvalue weighted by Gasteiger charge is -2.28. The molecular weight excluding hydrogens is 592 g/mol. The summed E-state index contributed by atoms with van der Waals surface area (Å²) in [6, 6.07) is 7.16. The number of halogens is 1. The summed E-state index contributed by atoms with van der Waals surface area (Å²) in [6.07, 6.45) is 7.35. The molecule has 2 atom stereocenters. The van der Waals surface area contributed by atoms with E-state index in [2.05, 4.69) is 23.1 Å². The van der Waals surface area contributed by atoms with Gasteiger partial charge in [-0.05, 0) is 55.9 Å². The Balaban J connectivity index is 0.00000506. The van der Waals surface area contributed by atoms with E-state index in [1.165, 1.54) is 9.80 Å². The Morgan fingerprint density at radius 3 is 2.51 bits per heavy atom. The number of rotatable bonds is 14. The SMILES string of the molecule is CCCCCCN1C(=O)c2cccc3c(NNC(=O)[C@H](CCSC)NC(=O)[C@@H]4CCCN4C(=O)CN)ccc(c23)C1=O.Cl. The van der Waals surface area contributed by atoms with Crippen LogP contribution in [0.4, 0.5) is 5.69 Å². The Morgan fingerprint density at radius 2 is 1.81 bits per heavy atom. The van der Waals surface area contributed by atoms with Gasteiger partial charge in [-0.1, -0.05) is 38.3 Å². The number of anilines is 1. The van der Waals surface area contributed by atoms with Crippen molar-refractivity contribution in [2.24, 2.45) is 5.73 Å². The van der Waals surface area contributed by atoms with Crippen molar-refractivity contribution >= 4 is 70.2 Å². The highest BCUT2D eigenvalue weighted by molar-refractivity contribution is 7.98. The van der Waals surface area contributed by atoms with E-state index in [-0.39, 0.29) is 42.6 Å². The predicted octanol–water partition coefficient (Wildman–Crippen LogP) is 3.07. The Bertz CT molecular complexity index is 1340. The smallest absolute Gasteiger partial charge is 0.261 e. The first kappa shape index (κ1) is 34.1. The van der Waals surface area contributed by atoms with Gasteiger partial charge in [0.2, 0.25) is 11.8 Å². The molecule has 234 valence electrons. The summed E-state index contributed by atoms with van der Waals surface area (Å²) in [5, 5.41) is 4.00. The van der Waals surface area contributed by atoms with E-state index in [0.717, 1.165) is 25.7 Å². The second-order valence-electron chi connectivity index (χ2n) is 10.6. The number of hydrogen-bond acceptors (Lipinski definition) is 8. The van der Waals surface area contributed by atoms with Crippen molar-refractivity contribution in [3.8, 4) is 0 Å². The summed E-state index contributed by atoms with van der Waals surface area (Å²) >= 11 is 1.55. The number of nitrogens with zero attached hydrogens (tertiary/aromatic N) is 2. The highest BCUT2D eigenvalue weighted by atomic mass is 35.5. The van der Waals surface area contributed by atoms with E-state index in [4.69, 9.17) is 5.73 Å². The number of nitrogens with one attached hydrogen (secondary N) is 3. The maximum absolute atomic E-state index is 13.3. The second kappa shape index (κ2) is 15.9. The molecule has 13 heteroatoms. The molecule has 5 N–H and O–H groups in total. The number of thioether (sulfide) groups is 1. The van der Waals surface area contributed by atoms with Gasteiger partial charge in [-0.25, -0.2) is 0 Å². The van der Waals surface area contributed by atoms with Gasteiger partial charge in [0.05, 0.1) is 12.2 Å². The van der Waals surface area contributed by atoms with Gasteiger partial charge in [0.15, 0.2) is 0 Å². The molecule has 0 bridgehead atoms. The first-order chi connectivity index (χ1) is 20.3. The third kappa shape index (κ3) is 7.60.